The van der Waals surface area contributed by atoms with Crippen molar-refractivity contribution >= 4 is 37.6 Å². The molecule has 0 radical (unpaired) electrons. The minimum absolute atomic E-state index is 0.266. The highest BCUT2D eigenvalue weighted by atomic mass is 79.9. The Hall–Kier alpha value is 0.630. The average Bonchev–Trinajstić information content (AvgIpc) is 2.28. The van der Waals surface area contributed by atoms with Crippen LogP contribution in [0.4, 0.5) is 0 Å². The van der Waals surface area contributed by atoms with E-state index in [4.69, 9.17) is 0 Å². The number of halogens is 2. The number of Topliss-reactive ketones (excluding diaryl/α,β-unsaturated/α-hetero) is 1. The third kappa shape index (κ3) is 3.83. The molecule has 0 spiro atoms. The van der Waals surface area contributed by atoms with Crippen LogP contribution in [0.3, 0.4) is 0 Å². The van der Waals surface area contributed by atoms with Gasteiger partial charge in [0.05, 0.1) is 4.32 Å². The van der Waals surface area contributed by atoms with Gasteiger partial charge in [-0.2, -0.15) is 0 Å². The quantitative estimate of drug-likeness (QED) is 0.485. The molecule has 1 saturated carbocycles. The topological polar surface area (TPSA) is 17.1 Å². The van der Waals surface area contributed by atoms with Crippen molar-refractivity contribution in [3.8, 4) is 0 Å². The maximum absolute atomic E-state index is 12.2. The summed E-state index contributed by atoms with van der Waals surface area (Å²) in [5.74, 6) is 0.408. The largest absolute Gasteiger partial charge is 0.298 e. The summed E-state index contributed by atoms with van der Waals surface area (Å²) in [5, 5.41) is 0. The van der Waals surface area contributed by atoms with Gasteiger partial charge in [-0.25, -0.2) is 0 Å². The number of carbonyl (C=O) groups excluding carboxylic acids is 1. The first-order valence-corrected chi connectivity index (χ1v) is 8.18. The van der Waals surface area contributed by atoms with Crippen LogP contribution >= 0.6 is 31.9 Å². The molecule has 0 heterocycles. The molecule has 16 heavy (non-hydrogen) atoms. The number of carbonyl (C=O) groups is 1. The average molecular weight is 354 g/mol. The maximum atomic E-state index is 12.2. The van der Waals surface area contributed by atoms with E-state index in [0.717, 1.165) is 25.7 Å². The van der Waals surface area contributed by atoms with Crippen LogP contribution < -0.4 is 0 Å². The molecule has 0 N–H and O–H groups in total. The molecule has 1 nitrogen and oxygen atoms in total. The zero-order chi connectivity index (χ0) is 12.0. The van der Waals surface area contributed by atoms with Gasteiger partial charge in [0, 0.05) is 11.2 Å². The van der Waals surface area contributed by atoms with E-state index in [9.17, 15) is 4.79 Å². The summed E-state index contributed by atoms with van der Waals surface area (Å²) < 4.78 is -0.266. The molecular formula is C13H22Br2O. The summed E-state index contributed by atoms with van der Waals surface area (Å²) in [6, 6.07) is 0. The lowest BCUT2D eigenvalue weighted by molar-refractivity contribution is -0.121. The fourth-order valence-electron chi connectivity index (χ4n) is 2.33. The minimum Gasteiger partial charge on any atom is -0.298 e. The molecule has 0 aromatic carbocycles. The molecule has 2 atom stereocenters. The standard InChI is InChI=1S/C13H22Br2O/c1-2-3-4-5-9-12(16)13(15)10-7-6-8-11(13)14/h11H,2-10H2,1H3. The van der Waals surface area contributed by atoms with Crippen molar-refractivity contribution in [2.24, 2.45) is 0 Å². The second-order valence-corrected chi connectivity index (χ2v) is 7.33. The normalized spacial score (nSPS) is 30.3. The molecule has 1 fully saturated rings. The smallest absolute Gasteiger partial charge is 0.150 e. The Kier molecular flexibility index (Phi) is 6.57. The Balaban J connectivity index is 2.38. The van der Waals surface area contributed by atoms with Gasteiger partial charge in [-0.05, 0) is 19.3 Å². The van der Waals surface area contributed by atoms with Gasteiger partial charge in [0.15, 0.2) is 5.78 Å². The zero-order valence-electron chi connectivity index (χ0n) is 10.1. The molecular weight excluding hydrogens is 332 g/mol. The van der Waals surface area contributed by atoms with Gasteiger partial charge in [-0.15, -0.1) is 0 Å². The van der Waals surface area contributed by atoms with Gasteiger partial charge < -0.3 is 0 Å². The van der Waals surface area contributed by atoms with E-state index in [1.165, 1.54) is 32.1 Å². The molecule has 94 valence electrons. The highest BCUT2D eigenvalue weighted by Crippen LogP contribution is 2.42. The van der Waals surface area contributed by atoms with E-state index in [0.29, 0.717) is 10.6 Å². The minimum atomic E-state index is -0.266. The molecule has 0 saturated heterocycles. The summed E-state index contributed by atoms with van der Waals surface area (Å²) in [7, 11) is 0. The number of unbranched alkanes of at least 4 members (excludes halogenated alkanes) is 3. The van der Waals surface area contributed by atoms with Crippen LogP contribution in [0.2, 0.25) is 0 Å². The highest BCUT2D eigenvalue weighted by molar-refractivity contribution is 9.12. The second-order valence-electron chi connectivity index (χ2n) is 4.81. The van der Waals surface area contributed by atoms with Crippen molar-refractivity contribution in [1.82, 2.24) is 0 Å². The Labute approximate surface area is 116 Å². The Morgan fingerprint density at radius 2 is 2.06 bits per heavy atom. The van der Waals surface area contributed by atoms with Crippen LogP contribution in [0.25, 0.3) is 0 Å². The lowest BCUT2D eigenvalue weighted by atomic mass is 9.84. The monoisotopic (exact) mass is 352 g/mol. The van der Waals surface area contributed by atoms with Crippen molar-refractivity contribution in [3.63, 3.8) is 0 Å². The summed E-state index contributed by atoms with van der Waals surface area (Å²) in [6.07, 6.45) is 10.0. The summed E-state index contributed by atoms with van der Waals surface area (Å²) in [4.78, 5) is 12.5. The van der Waals surface area contributed by atoms with E-state index >= 15 is 0 Å². The first-order valence-electron chi connectivity index (χ1n) is 6.47. The van der Waals surface area contributed by atoms with E-state index < -0.39 is 0 Å². The molecule has 0 bridgehead atoms. The predicted octanol–water partition coefficient (Wildman–Crippen LogP) is 5.00. The van der Waals surface area contributed by atoms with E-state index in [-0.39, 0.29) is 4.32 Å². The SMILES string of the molecule is CCCCCCC(=O)C1(Br)CCCCC1Br. The van der Waals surface area contributed by atoms with Crippen molar-refractivity contribution in [2.45, 2.75) is 73.9 Å². The molecule has 3 heteroatoms. The van der Waals surface area contributed by atoms with Crippen molar-refractivity contribution in [2.75, 3.05) is 0 Å². The first-order chi connectivity index (χ1) is 7.61. The van der Waals surface area contributed by atoms with Crippen LogP contribution in [-0.4, -0.2) is 14.9 Å². The maximum Gasteiger partial charge on any atom is 0.150 e. The van der Waals surface area contributed by atoms with E-state index in [1.54, 1.807) is 0 Å². The molecule has 0 aliphatic heterocycles. The van der Waals surface area contributed by atoms with Crippen molar-refractivity contribution in [3.05, 3.63) is 0 Å². The first kappa shape index (κ1) is 14.7. The van der Waals surface area contributed by atoms with Gasteiger partial charge in [0.1, 0.15) is 0 Å². The lowest BCUT2D eigenvalue weighted by Gasteiger charge is -2.35. The fraction of sp³-hybridized carbons (Fsp3) is 0.923. The van der Waals surface area contributed by atoms with Gasteiger partial charge in [-0.1, -0.05) is 70.9 Å². The number of rotatable bonds is 6. The van der Waals surface area contributed by atoms with Gasteiger partial charge in [0.25, 0.3) is 0 Å². The van der Waals surface area contributed by atoms with E-state index in [1.807, 2.05) is 0 Å². The molecule has 0 amide bonds. The fourth-order valence-corrected chi connectivity index (χ4v) is 3.84. The van der Waals surface area contributed by atoms with Crippen LogP contribution in [0.15, 0.2) is 0 Å². The second kappa shape index (κ2) is 7.15. The zero-order valence-corrected chi connectivity index (χ0v) is 13.3. The number of hydrogen-bond acceptors (Lipinski definition) is 1. The van der Waals surface area contributed by atoms with Crippen molar-refractivity contribution in [1.29, 1.82) is 0 Å². The van der Waals surface area contributed by atoms with Gasteiger partial charge in [0.2, 0.25) is 0 Å². The Morgan fingerprint density at radius 3 is 2.69 bits per heavy atom. The Morgan fingerprint density at radius 1 is 1.31 bits per heavy atom. The third-order valence-electron chi connectivity index (χ3n) is 3.47. The number of hydrogen-bond donors (Lipinski definition) is 0. The van der Waals surface area contributed by atoms with Crippen LogP contribution in [0.5, 0.6) is 0 Å². The summed E-state index contributed by atoms with van der Waals surface area (Å²) in [6.45, 7) is 2.20. The van der Waals surface area contributed by atoms with Crippen LogP contribution in [0, 0.1) is 0 Å². The number of ketones is 1. The van der Waals surface area contributed by atoms with E-state index in [2.05, 4.69) is 38.8 Å². The van der Waals surface area contributed by atoms with Crippen LogP contribution in [-0.2, 0) is 4.79 Å². The molecule has 1 aliphatic rings. The lowest BCUT2D eigenvalue weighted by Crippen LogP contribution is -2.43. The van der Waals surface area contributed by atoms with Gasteiger partial charge in [-0.3, -0.25) is 4.79 Å². The summed E-state index contributed by atoms with van der Waals surface area (Å²) >= 11 is 7.37. The Bertz CT molecular complexity index is 230. The predicted molar refractivity (Wildman–Crippen MR) is 76.6 cm³/mol. The van der Waals surface area contributed by atoms with Gasteiger partial charge >= 0.3 is 0 Å². The van der Waals surface area contributed by atoms with Crippen molar-refractivity contribution < 1.29 is 4.79 Å². The molecule has 2 unspecified atom stereocenters. The molecule has 1 aliphatic carbocycles. The molecule has 0 aromatic heterocycles. The third-order valence-corrected chi connectivity index (χ3v) is 6.71. The molecule has 0 aromatic rings. The van der Waals surface area contributed by atoms with Crippen LogP contribution in [0.1, 0.15) is 64.7 Å². The summed E-state index contributed by atoms with van der Waals surface area (Å²) in [5.41, 5.74) is 0. The molecule has 1 rings (SSSR count). The number of alkyl halides is 2. The highest BCUT2D eigenvalue weighted by Gasteiger charge is 2.42.